The maximum absolute atomic E-state index is 5.43. The first-order valence-electron chi connectivity index (χ1n) is 8.03. The molecule has 2 aromatic rings. The lowest BCUT2D eigenvalue weighted by atomic mass is 9.99. The lowest BCUT2D eigenvalue weighted by Gasteiger charge is -2.40. The molecule has 0 saturated carbocycles. The van der Waals surface area contributed by atoms with E-state index in [4.69, 9.17) is 4.74 Å². The Hall–Kier alpha value is -2.28. The fourth-order valence-corrected chi connectivity index (χ4v) is 3.07. The number of aromatic nitrogens is 4. The van der Waals surface area contributed by atoms with Crippen LogP contribution in [0.1, 0.15) is 24.0 Å². The number of anilines is 2. The van der Waals surface area contributed by atoms with Crippen LogP contribution < -0.4 is 9.80 Å². The summed E-state index contributed by atoms with van der Waals surface area (Å²) in [5.41, 5.74) is 1.05. The Morgan fingerprint density at radius 3 is 2.57 bits per heavy atom. The van der Waals surface area contributed by atoms with Crippen LogP contribution in [0.4, 0.5) is 11.8 Å². The van der Waals surface area contributed by atoms with Gasteiger partial charge >= 0.3 is 0 Å². The van der Waals surface area contributed by atoms with E-state index in [-0.39, 0.29) is 6.04 Å². The van der Waals surface area contributed by atoms with Crippen LogP contribution in [0.3, 0.4) is 0 Å². The van der Waals surface area contributed by atoms with Crippen molar-refractivity contribution in [3.8, 4) is 0 Å². The van der Waals surface area contributed by atoms with Crippen molar-refractivity contribution in [3.63, 3.8) is 0 Å². The van der Waals surface area contributed by atoms with Crippen LogP contribution in [0.15, 0.2) is 24.5 Å². The normalized spacial score (nSPS) is 21.2. The van der Waals surface area contributed by atoms with E-state index in [1.54, 1.807) is 12.4 Å². The summed E-state index contributed by atoms with van der Waals surface area (Å²) in [6.45, 7) is 6.19. The van der Waals surface area contributed by atoms with Crippen molar-refractivity contribution < 1.29 is 4.74 Å². The molecule has 0 aromatic carbocycles. The molecule has 0 radical (unpaired) electrons. The minimum Gasteiger partial charge on any atom is -0.378 e. The van der Waals surface area contributed by atoms with Crippen LogP contribution in [0, 0.1) is 6.92 Å². The van der Waals surface area contributed by atoms with Gasteiger partial charge in [-0.15, -0.1) is 0 Å². The molecule has 1 unspecified atom stereocenters. The first-order chi connectivity index (χ1) is 11.3. The van der Waals surface area contributed by atoms with Crippen molar-refractivity contribution in [1.29, 1.82) is 0 Å². The molecule has 7 heteroatoms. The smallest absolute Gasteiger partial charge is 0.225 e. The summed E-state index contributed by atoms with van der Waals surface area (Å²) < 4.78 is 5.43. The molecule has 23 heavy (non-hydrogen) atoms. The van der Waals surface area contributed by atoms with Gasteiger partial charge in [-0.25, -0.2) is 19.9 Å². The van der Waals surface area contributed by atoms with Gasteiger partial charge in [-0.3, -0.25) is 0 Å². The molecule has 4 heterocycles. The molecule has 0 bridgehead atoms. The van der Waals surface area contributed by atoms with E-state index in [2.05, 4.69) is 35.8 Å². The standard InChI is InChI=1S/C16H20N6O/c1-12-19-13(11-15(20-12)21-7-9-23-10-8-21)14-3-6-22(14)16-17-4-2-5-18-16/h2,4-5,11,14H,3,6-10H2,1H3. The van der Waals surface area contributed by atoms with Gasteiger partial charge in [-0.05, 0) is 19.4 Å². The van der Waals surface area contributed by atoms with Gasteiger partial charge in [-0.1, -0.05) is 0 Å². The zero-order valence-electron chi connectivity index (χ0n) is 13.2. The highest BCUT2D eigenvalue weighted by Crippen LogP contribution is 2.35. The maximum Gasteiger partial charge on any atom is 0.225 e. The third-order valence-electron chi connectivity index (χ3n) is 4.35. The Balaban J connectivity index is 1.60. The Kier molecular flexibility index (Phi) is 3.78. The highest BCUT2D eigenvalue weighted by atomic mass is 16.5. The summed E-state index contributed by atoms with van der Waals surface area (Å²) >= 11 is 0. The van der Waals surface area contributed by atoms with Crippen molar-refractivity contribution in [2.45, 2.75) is 19.4 Å². The van der Waals surface area contributed by atoms with Gasteiger partial charge in [0.2, 0.25) is 5.95 Å². The summed E-state index contributed by atoms with van der Waals surface area (Å²) in [7, 11) is 0. The van der Waals surface area contributed by atoms with Crippen molar-refractivity contribution in [3.05, 3.63) is 36.0 Å². The Bertz CT molecular complexity index is 674. The minimum absolute atomic E-state index is 0.235. The van der Waals surface area contributed by atoms with E-state index in [1.807, 2.05) is 13.0 Å². The van der Waals surface area contributed by atoms with Crippen LogP contribution in [0.25, 0.3) is 0 Å². The second-order valence-electron chi connectivity index (χ2n) is 5.84. The zero-order valence-corrected chi connectivity index (χ0v) is 13.2. The van der Waals surface area contributed by atoms with Crippen molar-refractivity contribution in [2.24, 2.45) is 0 Å². The van der Waals surface area contributed by atoms with Crippen LogP contribution in [-0.2, 0) is 4.74 Å². The molecule has 0 N–H and O–H groups in total. The molecular formula is C16H20N6O. The highest BCUT2D eigenvalue weighted by Gasteiger charge is 2.33. The Labute approximate surface area is 135 Å². The molecule has 0 spiro atoms. The summed E-state index contributed by atoms with van der Waals surface area (Å²) in [4.78, 5) is 22.4. The number of morpholine rings is 1. The average Bonchev–Trinajstić information content (AvgIpc) is 2.55. The van der Waals surface area contributed by atoms with Gasteiger partial charge < -0.3 is 14.5 Å². The van der Waals surface area contributed by atoms with Crippen molar-refractivity contribution in [2.75, 3.05) is 42.6 Å². The third-order valence-corrected chi connectivity index (χ3v) is 4.35. The monoisotopic (exact) mass is 312 g/mol. The van der Waals surface area contributed by atoms with E-state index in [1.165, 1.54) is 0 Å². The lowest BCUT2D eigenvalue weighted by Crippen LogP contribution is -2.43. The first-order valence-corrected chi connectivity index (χ1v) is 8.03. The quantitative estimate of drug-likeness (QED) is 0.847. The molecule has 0 amide bonds. The van der Waals surface area contributed by atoms with E-state index in [0.29, 0.717) is 0 Å². The molecule has 2 aromatic heterocycles. The van der Waals surface area contributed by atoms with Crippen LogP contribution in [0.2, 0.25) is 0 Å². The van der Waals surface area contributed by atoms with Crippen LogP contribution in [0.5, 0.6) is 0 Å². The number of aryl methyl sites for hydroxylation is 1. The van der Waals surface area contributed by atoms with E-state index >= 15 is 0 Å². The molecule has 2 aliphatic rings. The topological polar surface area (TPSA) is 67.3 Å². The van der Waals surface area contributed by atoms with E-state index in [0.717, 1.165) is 62.6 Å². The van der Waals surface area contributed by atoms with Crippen LogP contribution in [-0.4, -0.2) is 52.8 Å². The van der Waals surface area contributed by atoms with Gasteiger partial charge in [0.05, 0.1) is 24.9 Å². The lowest BCUT2D eigenvalue weighted by molar-refractivity contribution is 0.122. The predicted molar refractivity (Wildman–Crippen MR) is 86.5 cm³/mol. The van der Waals surface area contributed by atoms with Crippen LogP contribution >= 0.6 is 0 Å². The zero-order chi connectivity index (χ0) is 15.6. The van der Waals surface area contributed by atoms with Crippen molar-refractivity contribution in [1.82, 2.24) is 19.9 Å². The molecule has 2 fully saturated rings. The molecule has 2 aliphatic heterocycles. The number of nitrogens with zero attached hydrogens (tertiary/aromatic N) is 6. The third kappa shape index (κ3) is 2.84. The molecule has 0 aliphatic carbocycles. The summed E-state index contributed by atoms with van der Waals surface area (Å²) in [6, 6.07) is 4.18. The Morgan fingerprint density at radius 1 is 1.09 bits per heavy atom. The van der Waals surface area contributed by atoms with Crippen molar-refractivity contribution >= 4 is 11.8 Å². The number of hydrogen-bond donors (Lipinski definition) is 0. The summed E-state index contributed by atoms with van der Waals surface area (Å²) in [6.07, 6.45) is 4.63. The summed E-state index contributed by atoms with van der Waals surface area (Å²) in [5.74, 6) is 2.58. The van der Waals surface area contributed by atoms with Gasteiger partial charge in [0, 0.05) is 38.1 Å². The van der Waals surface area contributed by atoms with E-state index < -0.39 is 0 Å². The van der Waals surface area contributed by atoms with E-state index in [9.17, 15) is 0 Å². The molecule has 120 valence electrons. The second-order valence-corrected chi connectivity index (χ2v) is 5.84. The predicted octanol–water partition coefficient (Wildman–Crippen LogP) is 1.36. The van der Waals surface area contributed by atoms with Gasteiger partial charge in [0.25, 0.3) is 0 Å². The largest absolute Gasteiger partial charge is 0.378 e. The molecule has 4 rings (SSSR count). The molecule has 1 atom stereocenters. The average molecular weight is 312 g/mol. The molecular weight excluding hydrogens is 292 g/mol. The van der Waals surface area contributed by atoms with Gasteiger partial charge in [0.15, 0.2) is 0 Å². The number of rotatable bonds is 3. The highest BCUT2D eigenvalue weighted by molar-refractivity contribution is 5.45. The molecule has 2 saturated heterocycles. The van der Waals surface area contributed by atoms with Gasteiger partial charge in [0.1, 0.15) is 11.6 Å². The fraction of sp³-hybridized carbons (Fsp3) is 0.500. The molecule has 7 nitrogen and oxygen atoms in total. The SMILES string of the molecule is Cc1nc(C2CCN2c2ncccn2)cc(N2CCOCC2)n1. The number of hydrogen-bond acceptors (Lipinski definition) is 7. The fourth-order valence-electron chi connectivity index (χ4n) is 3.07. The minimum atomic E-state index is 0.235. The maximum atomic E-state index is 5.43. The summed E-state index contributed by atoms with van der Waals surface area (Å²) in [5, 5.41) is 0. The first kappa shape index (κ1) is 14.3. The van der Waals surface area contributed by atoms with Gasteiger partial charge in [-0.2, -0.15) is 0 Å². The Morgan fingerprint density at radius 2 is 1.87 bits per heavy atom. The second kappa shape index (κ2) is 6.08. The number of ether oxygens (including phenoxy) is 1.